The standard InChI is InChI=1S/C26H28N2O5S/c29-26(21-7-10-23(11-8-21)33-19-24-6-3-17-32-24)27-13-15-28(16-14-27)34(30,31)25-12-9-20-4-1-2-5-22(20)18-25/h1-2,4-5,7-12,18,24H,3,6,13-17,19H2. The largest absolute Gasteiger partial charge is 0.491 e. The van der Waals surface area contributed by atoms with E-state index in [1.807, 2.05) is 30.3 Å². The van der Waals surface area contributed by atoms with E-state index in [4.69, 9.17) is 9.47 Å². The molecule has 0 radical (unpaired) electrons. The molecule has 2 aliphatic heterocycles. The van der Waals surface area contributed by atoms with E-state index < -0.39 is 10.0 Å². The molecule has 7 nitrogen and oxygen atoms in total. The first-order chi connectivity index (χ1) is 16.5. The Labute approximate surface area is 199 Å². The quantitative estimate of drug-likeness (QED) is 0.539. The summed E-state index contributed by atoms with van der Waals surface area (Å²) < 4.78 is 39.1. The average Bonchev–Trinajstić information content (AvgIpc) is 3.41. The third kappa shape index (κ3) is 4.80. The summed E-state index contributed by atoms with van der Waals surface area (Å²) >= 11 is 0. The van der Waals surface area contributed by atoms with Crippen LogP contribution < -0.4 is 4.74 Å². The molecule has 0 bridgehead atoms. The summed E-state index contributed by atoms with van der Waals surface area (Å²) in [6, 6.07) is 20.0. The number of carbonyl (C=O) groups is 1. The molecule has 3 aromatic carbocycles. The van der Waals surface area contributed by atoms with E-state index in [1.54, 1.807) is 41.3 Å². The molecule has 1 amide bonds. The van der Waals surface area contributed by atoms with Crippen LogP contribution in [0.15, 0.2) is 71.6 Å². The zero-order valence-corrected chi connectivity index (χ0v) is 19.7. The molecule has 3 aromatic rings. The van der Waals surface area contributed by atoms with Crippen molar-refractivity contribution in [3.8, 4) is 5.75 Å². The highest BCUT2D eigenvalue weighted by molar-refractivity contribution is 7.89. The van der Waals surface area contributed by atoms with Gasteiger partial charge in [-0.25, -0.2) is 8.42 Å². The number of hydrogen-bond donors (Lipinski definition) is 0. The molecule has 2 heterocycles. The lowest BCUT2D eigenvalue weighted by Gasteiger charge is -2.34. The van der Waals surface area contributed by atoms with Crippen LogP contribution in [0, 0.1) is 0 Å². The van der Waals surface area contributed by atoms with Gasteiger partial charge in [0.1, 0.15) is 12.4 Å². The second kappa shape index (κ2) is 9.74. The molecule has 0 N–H and O–H groups in total. The van der Waals surface area contributed by atoms with Gasteiger partial charge in [0.05, 0.1) is 11.0 Å². The first-order valence-electron chi connectivity index (χ1n) is 11.6. The molecule has 5 rings (SSSR count). The van der Waals surface area contributed by atoms with Crippen LogP contribution in [0.2, 0.25) is 0 Å². The summed E-state index contributed by atoms with van der Waals surface area (Å²) in [5.41, 5.74) is 0.565. The van der Waals surface area contributed by atoms with Crippen LogP contribution >= 0.6 is 0 Å². The van der Waals surface area contributed by atoms with E-state index in [9.17, 15) is 13.2 Å². The van der Waals surface area contributed by atoms with Crippen molar-refractivity contribution < 1.29 is 22.7 Å². The predicted octanol–water partition coefficient (Wildman–Crippen LogP) is 3.54. The molecule has 0 aromatic heterocycles. The average molecular weight is 481 g/mol. The van der Waals surface area contributed by atoms with Crippen molar-refractivity contribution in [1.29, 1.82) is 0 Å². The number of piperazine rings is 1. The van der Waals surface area contributed by atoms with Gasteiger partial charge < -0.3 is 14.4 Å². The van der Waals surface area contributed by atoms with E-state index in [0.29, 0.717) is 31.0 Å². The van der Waals surface area contributed by atoms with Gasteiger partial charge in [-0.1, -0.05) is 30.3 Å². The summed E-state index contributed by atoms with van der Waals surface area (Å²) in [6.45, 7) is 2.54. The van der Waals surface area contributed by atoms with E-state index in [0.717, 1.165) is 30.2 Å². The minimum Gasteiger partial charge on any atom is -0.491 e. The van der Waals surface area contributed by atoms with Crippen molar-refractivity contribution in [3.05, 3.63) is 72.3 Å². The molecule has 0 aliphatic carbocycles. The Kier molecular flexibility index (Phi) is 6.54. The fourth-order valence-electron chi connectivity index (χ4n) is 4.45. The Hall–Kier alpha value is -2.94. The summed E-state index contributed by atoms with van der Waals surface area (Å²) in [7, 11) is -3.62. The third-order valence-electron chi connectivity index (χ3n) is 6.45. The van der Waals surface area contributed by atoms with Gasteiger partial charge in [-0.3, -0.25) is 4.79 Å². The normalized spacial score (nSPS) is 19.4. The smallest absolute Gasteiger partial charge is 0.253 e. The number of fused-ring (bicyclic) bond motifs is 1. The van der Waals surface area contributed by atoms with Crippen LogP contribution in [0.3, 0.4) is 0 Å². The van der Waals surface area contributed by atoms with Gasteiger partial charge in [0.25, 0.3) is 5.91 Å². The Morgan fingerprint density at radius 3 is 2.38 bits per heavy atom. The van der Waals surface area contributed by atoms with E-state index in [1.165, 1.54) is 4.31 Å². The highest BCUT2D eigenvalue weighted by Crippen LogP contribution is 2.24. The Morgan fingerprint density at radius 1 is 0.941 bits per heavy atom. The maximum absolute atomic E-state index is 13.2. The lowest BCUT2D eigenvalue weighted by molar-refractivity contribution is 0.0676. The Morgan fingerprint density at radius 2 is 1.68 bits per heavy atom. The molecule has 2 saturated heterocycles. The maximum Gasteiger partial charge on any atom is 0.253 e. The Balaban J connectivity index is 1.19. The monoisotopic (exact) mass is 480 g/mol. The molecule has 34 heavy (non-hydrogen) atoms. The molecule has 178 valence electrons. The predicted molar refractivity (Wildman–Crippen MR) is 130 cm³/mol. The summed E-state index contributed by atoms with van der Waals surface area (Å²) in [6.07, 6.45) is 2.22. The van der Waals surface area contributed by atoms with Crippen molar-refractivity contribution in [1.82, 2.24) is 9.21 Å². The van der Waals surface area contributed by atoms with Crippen LogP contribution in [0.4, 0.5) is 0 Å². The lowest BCUT2D eigenvalue weighted by Crippen LogP contribution is -2.50. The number of benzene rings is 3. The van der Waals surface area contributed by atoms with Crippen LogP contribution in [-0.4, -0.2) is 69.0 Å². The third-order valence-corrected chi connectivity index (χ3v) is 8.34. The molecule has 0 spiro atoms. The highest BCUT2D eigenvalue weighted by atomic mass is 32.2. The summed E-state index contributed by atoms with van der Waals surface area (Å²) in [5.74, 6) is 0.603. The molecule has 2 aliphatic rings. The van der Waals surface area contributed by atoms with Crippen molar-refractivity contribution in [2.24, 2.45) is 0 Å². The minimum absolute atomic E-state index is 0.103. The lowest BCUT2D eigenvalue weighted by atomic mass is 10.1. The number of ether oxygens (including phenoxy) is 2. The molecule has 1 unspecified atom stereocenters. The van der Waals surface area contributed by atoms with Gasteiger partial charge in [-0.05, 0) is 60.0 Å². The summed E-state index contributed by atoms with van der Waals surface area (Å²) in [4.78, 5) is 14.9. The van der Waals surface area contributed by atoms with Crippen LogP contribution in [0.5, 0.6) is 5.75 Å². The van der Waals surface area contributed by atoms with E-state index >= 15 is 0 Å². The van der Waals surface area contributed by atoms with Crippen LogP contribution in [0.25, 0.3) is 10.8 Å². The van der Waals surface area contributed by atoms with E-state index in [-0.39, 0.29) is 30.0 Å². The van der Waals surface area contributed by atoms with Crippen molar-refractivity contribution in [2.75, 3.05) is 39.4 Å². The van der Waals surface area contributed by atoms with E-state index in [2.05, 4.69) is 0 Å². The molecule has 1 atom stereocenters. The second-order valence-electron chi connectivity index (χ2n) is 8.68. The number of carbonyl (C=O) groups excluding carboxylic acids is 1. The second-order valence-corrected chi connectivity index (χ2v) is 10.6. The zero-order chi connectivity index (χ0) is 23.5. The molecule has 8 heteroatoms. The van der Waals surface area contributed by atoms with Crippen LogP contribution in [-0.2, 0) is 14.8 Å². The SMILES string of the molecule is O=C(c1ccc(OCC2CCCO2)cc1)N1CCN(S(=O)(=O)c2ccc3ccccc3c2)CC1. The first-order valence-corrected chi connectivity index (χ1v) is 13.1. The number of nitrogens with zero attached hydrogens (tertiary/aromatic N) is 2. The topological polar surface area (TPSA) is 76.2 Å². The number of sulfonamides is 1. The highest BCUT2D eigenvalue weighted by Gasteiger charge is 2.30. The number of amides is 1. The van der Waals surface area contributed by atoms with Crippen molar-refractivity contribution >= 4 is 26.7 Å². The van der Waals surface area contributed by atoms with Gasteiger partial charge in [0.2, 0.25) is 10.0 Å². The molecular weight excluding hydrogens is 452 g/mol. The van der Waals surface area contributed by atoms with Gasteiger partial charge in [-0.2, -0.15) is 4.31 Å². The number of rotatable bonds is 6. The van der Waals surface area contributed by atoms with Crippen molar-refractivity contribution in [2.45, 2.75) is 23.8 Å². The minimum atomic E-state index is -3.62. The fraction of sp³-hybridized carbons (Fsp3) is 0.346. The van der Waals surface area contributed by atoms with Gasteiger partial charge in [-0.15, -0.1) is 0 Å². The van der Waals surface area contributed by atoms with Crippen LogP contribution in [0.1, 0.15) is 23.2 Å². The fourth-order valence-corrected chi connectivity index (χ4v) is 5.91. The molecule has 2 fully saturated rings. The summed E-state index contributed by atoms with van der Waals surface area (Å²) in [5, 5.41) is 1.89. The Bertz CT molecular complexity index is 1260. The maximum atomic E-state index is 13.2. The molecule has 0 saturated carbocycles. The van der Waals surface area contributed by atoms with Gasteiger partial charge in [0, 0.05) is 38.3 Å². The first kappa shape index (κ1) is 22.8. The zero-order valence-electron chi connectivity index (χ0n) is 18.9. The molecular formula is C26H28N2O5S. The van der Waals surface area contributed by atoms with Gasteiger partial charge in [0.15, 0.2) is 0 Å². The van der Waals surface area contributed by atoms with Gasteiger partial charge >= 0.3 is 0 Å². The van der Waals surface area contributed by atoms with Crippen molar-refractivity contribution in [3.63, 3.8) is 0 Å². The number of hydrogen-bond acceptors (Lipinski definition) is 5.